The minimum absolute atomic E-state index is 0.169. The standard InChI is InChI=1S/C17H23N5O2/c1-21-6-7-22(9-13-8-18-23-15(13)11-2-3-11)10-14(21)17-19-16(20-24-17)12-4-5-12/h8,11-12,14H,2-7,9-10H2,1H3/t14-/m0/s1. The van der Waals surface area contributed by atoms with Crippen LogP contribution in [-0.2, 0) is 6.54 Å². The fraction of sp³-hybridized carbons (Fsp3) is 0.706. The van der Waals surface area contributed by atoms with Crippen molar-refractivity contribution in [3.63, 3.8) is 0 Å². The number of aromatic nitrogens is 3. The quantitative estimate of drug-likeness (QED) is 0.833. The second kappa shape index (κ2) is 5.67. The monoisotopic (exact) mass is 329 g/mol. The van der Waals surface area contributed by atoms with Gasteiger partial charge in [-0.1, -0.05) is 10.3 Å². The van der Waals surface area contributed by atoms with Gasteiger partial charge in [0.25, 0.3) is 0 Å². The molecule has 3 aliphatic rings. The number of hydrogen-bond donors (Lipinski definition) is 0. The van der Waals surface area contributed by atoms with Gasteiger partial charge in [-0.25, -0.2) is 0 Å². The maximum Gasteiger partial charge on any atom is 0.245 e. The fourth-order valence-electron chi connectivity index (χ4n) is 3.54. The van der Waals surface area contributed by atoms with Crippen molar-refractivity contribution in [2.45, 2.75) is 50.1 Å². The van der Waals surface area contributed by atoms with Gasteiger partial charge in [0.2, 0.25) is 5.89 Å². The van der Waals surface area contributed by atoms with Gasteiger partial charge in [0.05, 0.1) is 6.20 Å². The lowest BCUT2D eigenvalue weighted by Crippen LogP contribution is -2.46. The van der Waals surface area contributed by atoms with Gasteiger partial charge < -0.3 is 9.05 Å². The van der Waals surface area contributed by atoms with Crippen LogP contribution in [0.3, 0.4) is 0 Å². The largest absolute Gasteiger partial charge is 0.361 e. The van der Waals surface area contributed by atoms with Gasteiger partial charge in [-0.15, -0.1) is 0 Å². The minimum Gasteiger partial charge on any atom is -0.361 e. The summed E-state index contributed by atoms with van der Waals surface area (Å²) in [6.45, 7) is 3.82. The average Bonchev–Trinajstić information content (AvgIpc) is 3.52. The van der Waals surface area contributed by atoms with E-state index in [0.29, 0.717) is 11.8 Å². The Morgan fingerprint density at radius 1 is 1.12 bits per heavy atom. The molecule has 2 aromatic rings. The Morgan fingerprint density at radius 3 is 2.75 bits per heavy atom. The maximum atomic E-state index is 5.57. The van der Waals surface area contributed by atoms with Gasteiger partial charge >= 0.3 is 0 Å². The van der Waals surface area contributed by atoms with E-state index >= 15 is 0 Å². The Kier molecular flexibility index (Phi) is 3.45. The summed E-state index contributed by atoms with van der Waals surface area (Å²) in [6.07, 6.45) is 6.75. The molecular formula is C17H23N5O2. The molecular weight excluding hydrogens is 306 g/mol. The van der Waals surface area contributed by atoms with Crippen LogP contribution in [0.25, 0.3) is 0 Å². The van der Waals surface area contributed by atoms with Crippen LogP contribution in [0.1, 0.15) is 66.6 Å². The predicted octanol–water partition coefficient (Wildman–Crippen LogP) is 2.30. The first-order valence-electron chi connectivity index (χ1n) is 8.97. The number of hydrogen-bond acceptors (Lipinski definition) is 7. The normalized spacial score (nSPS) is 26.1. The molecule has 1 saturated heterocycles. The summed E-state index contributed by atoms with van der Waals surface area (Å²) in [5.74, 6) is 3.88. The number of nitrogens with zero attached hydrogens (tertiary/aromatic N) is 5. The fourth-order valence-corrected chi connectivity index (χ4v) is 3.54. The molecule has 2 aliphatic carbocycles. The summed E-state index contributed by atoms with van der Waals surface area (Å²) in [7, 11) is 2.14. The summed E-state index contributed by atoms with van der Waals surface area (Å²) in [5, 5.41) is 8.20. The van der Waals surface area contributed by atoms with Crippen LogP contribution in [0.4, 0.5) is 0 Å². The number of piperazine rings is 1. The van der Waals surface area contributed by atoms with E-state index in [4.69, 9.17) is 9.05 Å². The van der Waals surface area contributed by atoms with E-state index in [2.05, 4.69) is 32.1 Å². The van der Waals surface area contributed by atoms with E-state index in [1.807, 2.05) is 6.20 Å². The smallest absolute Gasteiger partial charge is 0.245 e. The van der Waals surface area contributed by atoms with E-state index in [1.165, 1.54) is 31.2 Å². The van der Waals surface area contributed by atoms with Crippen molar-refractivity contribution in [1.29, 1.82) is 0 Å². The van der Waals surface area contributed by atoms with Gasteiger partial charge in [0, 0.05) is 43.6 Å². The summed E-state index contributed by atoms with van der Waals surface area (Å²) < 4.78 is 11.0. The van der Waals surface area contributed by atoms with Crippen molar-refractivity contribution in [2.24, 2.45) is 0 Å². The van der Waals surface area contributed by atoms with Crippen molar-refractivity contribution < 1.29 is 9.05 Å². The Hall–Kier alpha value is -1.73. The molecule has 0 spiro atoms. The molecule has 2 saturated carbocycles. The van der Waals surface area contributed by atoms with Crippen LogP contribution in [0.2, 0.25) is 0 Å². The molecule has 128 valence electrons. The average molecular weight is 329 g/mol. The lowest BCUT2D eigenvalue weighted by Gasteiger charge is -2.37. The zero-order valence-corrected chi connectivity index (χ0v) is 14.0. The topological polar surface area (TPSA) is 71.4 Å². The Balaban J connectivity index is 1.30. The highest BCUT2D eigenvalue weighted by atomic mass is 16.5. The molecule has 0 amide bonds. The summed E-state index contributed by atoms with van der Waals surface area (Å²) in [6, 6.07) is 0.169. The zero-order chi connectivity index (χ0) is 16.1. The highest BCUT2D eigenvalue weighted by molar-refractivity contribution is 5.21. The van der Waals surface area contributed by atoms with Crippen LogP contribution in [0.5, 0.6) is 0 Å². The van der Waals surface area contributed by atoms with Crippen LogP contribution < -0.4 is 0 Å². The molecule has 0 aromatic carbocycles. The van der Waals surface area contributed by atoms with Crippen LogP contribution in [0, 0.1) is 0 Å². The molecule has 1 atom stereocenters. The van der Waals surface area contributed by atoms with Crippen molar-refractivity contribution >= 4 is 0 Å². The Morgan fingerprint density at radius 2 is 1.96 bits per heavy atom. The molecule has 24 heavy (non-hydrogen) atoms. The van der Waals surface area contributed by atoms with Gasteiger partial charge in [0.15, 0.2) is 5.82 Å². The molecule has 2 aromatic heterocycles. The molecule has 0 radical (unpaired) electrons. The molecule has 7 heteroatoms. The lowest BCUT2D eigenvalue weighted by molar-refractivity contribution is 0.0711. The second-order valence-electron chi connectivity index (χ2n) is 7.49. The van der Waals surface area contributed by atoms with E-state index in [-0.39, 0.29) is 6.04 Å². The highest BCUT2D eigenvalue weighted by Gasteiger charge is 2.35. The molecule has 7 nitrogen and oxygen atoms in total. The third-order valence-electron chi connectivity index (χ3n) is 5.44. The highest BCUT2D eigenvalue weighted by Crippen LogP contribution is 2.42. The molecule has 0 unspecified atom stereocenters. The predicted molar refractivity (Wildman–Crippen MR) is 85.4 cm³/mol. The van der Waals surface area contributed by atoms with Crippen LogP contribution in [0.15, 0.2) is 15.2 Å². The molecule has 3 fully saturated rings. The molecule has 0 bridgehead atoms. The van der Waals surface area contributed by atoms with E-state index in [1.54, 1.807) is 0 Å². The van der Waals surface area contributed by atoms with Crippen LogP contribution in [-0.4, -0.2) is 51.8 Å². The first-order valence-corrected chi connectivity index (χ1v) is 8.97. The summed E-state index contributed by atoms with van der Waals surface area (Å²) in [5.41, 5.74) is 1.24. The molecule has 5 rings (SSSR count). The van der Waals surface area contributed by atoms with Crippen molar-refractivity contribution in [2.75, 3.05) is 26.7 Å². The van der Waals surface area contributed by atoms with Crippen molar-refractivity contribution in [3.8, 4) is 0 Å². The van der Waals surface area contributed by atoms with Gasteiger partial charge in [0.1, 0.15) is 11.8 Å². The molecule has 1 aliphatic heterocycles. The van der Waals surface area contributed by atoms with Crippen molar-refractivity contribution in [1.82, 2.24) is 25.1 Å². The van der Waals surface area contributed by atoms with Crippen molar-refractivity contribution in [3.05, 3.63) is 29.2 Å². The zero-order valence-electron chi connectivity index (χ0n) is 14.0. The minimum atomic E-state index is 0.169. The first kappa shape index (κ1) is 14.6. The third-order valence-corrected chi connectivity index (χ3v) is 5.44. The number of likely N-dealkylation sites (N-methyl/N-ethyl adjacent to an activating group) is 1. The summed E-state index contributed by atoms with van der Waals surface area (Å²) >= 11 is 0. The second-order valence-corrected chi connectivity index (χ2v) is 7.49. The lowest BCUT2D eigenvalue weighted by atomic mass is 10.1. The summed E-state index contributed by atoms with van der Waals surface area (Å²) in [4.78, 5) is 9.42. The van der Waals surface area contributed by atoms with Crippen LogP contribution >= 0.6 is 0 Å². The van der Waals surface area contributed by atoms with Gasteiger partial charge in [-0.2, -0.15) is 4.98 Å². The van der Waals surface area contributed by atoms with Gasteiger partial charge in [-0.05, 0) is 32.7 Å². The molecule has 0 N–H and O–H groups in total. The Labute approximate surface area is 141 Å². The van der Waals surface area contributed by atoms with E-state index in [0.717, 1.165) is 43.7 Å². The molecule has 3 heterocycles. The maximum absolute atomic E-state index is 5.57. The van der Waals surface area contributed by atoms with Gasteiger partial charge in [-0.3, -0.25) is 9.80 Å². The van der Waals surface area contributed by atoms with E-state index < -0.39 is 0 Å². The SMILES string of the molecule is CN1CCN(Cc2cnoc2C2CC2)C[C@H]1c1nc(C2CC2)no1. The Bertz CT molecular complexity index is 718. The van der Waals surface area contributed by atoms with E-state index in [9.17, 15) is 0 Å². The number of rotatable bonds is 5. The first-order chi connectivity index (χ1) is 11.8. The third kappa shape index (κ3) is 2.75.